The summed E-state index contributed by atoms with van der Waals surface area (Å²) in [5.74, 6) is -0.245. The van der Waals surface area contributed by atoms with Crippen molar-refractivity contribution >= 4 is 0 Å². The maximum absolute atomic E-state index is 13.7. The Bertz CT molecular complexity index is 360. The minimum Gasteiger partial charge on any atom is -0.388 e. The highest BCUT2D eigenvalue weighted by Gasteiger charge is 2.16. The first-order valence-corrected chi connectivity index (χ1v) is 5.71. The van der Waals surface area contributed by atoms with Gasteiger partial charge in [0, 0.05) is 5.56 Å². The number of benzene rings is 1. The smallest absolute Gasteiger partial charge is 0.129 e. The van der Waals surface area contributed by atoms with Crippen molar-refractivity contribution in [1.82, 2.24) is 0 Å². The molecule has 1 aliphatic rings. The lowest BCUT2D eigenvalue weighted by atomic mass is 9.89. The molecule has 0 aromatic heterocycles. The topological polar surface area (TPSA) is 20.2 Å². The molecular formula is C13H17FO. The molecule has 0 heterocycles. The van der Waals surface area contributed by atoms with Crippen LogP contribution in [0.5, 0.6) is 0 Å². The van der Waals surface area contributed by atoms with E-state index in [1.165, 1.54) is 12.0 Å². The third kappa shape index (κ3) is 2.05. The third-order valence-electron chi connectivity index (χ3n) is 3.21. The van der Waals surface area contributed by atoms with Gasteiger partial charge < -0.3 is 5.11 Å². The first-order valence-electron chi connectivity index (χ1n) is 5.71. The number of hydrogen-bond donors (Lipinski definition) is 1. The monoisotopic (exact) mass is 208 g/mol. The summed E-state index contributed by atoms with van der Waals surface area (Å²) in [4.78, 5) is 0. The van der Waals surface area contributed by atoms with Crippen LogP contribution in [0, 0.1) is 5.82 Å². The van der Waals surface area contributed by atoms with E-state index in [0.29, 0.717) is 12.0 Å². The van der Waals surface area contributed by atoms with E-state index >= 15 is 0 Å². The number of aliphatic hydroxyl groups is 1. The minimum atomic E-state index is -0.655. The lowest BCUT2D eigenvalue weighted by molar-refractivity contribution is 0.168. The third-order valence-corrected chi connectivity index (χ3v) is 3.21. The fourth-order valence-corrected chi connectivity index (χ4v) is 2.25. The Morgan fingerprint density at radius 1 is 1.27 bits per heavy atom. The average Bonchev–Trinajstić information content (AvgIpc) is 2.27. The Labute approximate surface area is 89.9 Å². The number of hydrogen-bond acceptors (Lipinski definition) is 1. The molecule has 0 aliphatic heterocycles. The van der Waals surface area contributed by atoms with Gasteiger partial charge in [0.15, 0.2) is 0 Å². The molecule has 1 N–H and O–H groups in total. The van der Waals surface area contributed by atoms with E-state index in [0.717, 1.165) is 24.8 Å². The fraction of sp³-hybridized carbons (Fsp3) is 0.538. The van der Waals surface area contributed by atoms with Gasteiger partial charge in [0.1, 0.15) is 5.82 Å². The van der Waals surface area contributed by atoms with Crippen LogP contribution in [0.4, 0.5) is 4.39 Å². The zero-order chi connectivity index (χ0) is 10.8. The summed E-state index contributed by atoms with van der Waals surface area (Å²) in [7, 11) is 0. The normalized spacial score (nSPS) is 17.3. The predicted molar refractivity (Wildman–Crippen MR) is 58.3 cm³/mol. The predicted octanol–water partition coefficient (Wildman–Crippen LogP) is 3.15. The van der Waals surface area contributed by atoms with Crippen LogP contribution in [-0.2, 0) is 12.8 Å². The van der Waals surface area contributed by atoms with E-state index in [1.54, 1.807) is 6.07 Å². The molecule has 15 heavy (non-hydrogen) atoms. The molecule has 1 atom stereocenters. The minimum absolute atomic E-state index is 0.245. The SMILES string of the molecule is CCC(O)c1cc2c(cc1F)CCCC2. The fourth-order valence-electron chi connectivity index (χ4n) is 2.25. The number of fused-ring (bicyclic) bond motifs is 1. The summed E-state index contributed by atoms with van der Waals surface area (Å²) >= 11 is 0. The van der Waals surface area contributed by atoms with Gasteiger partial charge >= 0.3 is 0 Å². The van der Waals surface area contributed by atoms with E-state index in [1.807, 2.05) is 13.0 Å². The van der Waals surface area contributed by atoms with Crippen molar-refractivity contribution in [2.75, 3.05) is 0 Å². The molecule has 0 fully saturated rings. The molecule has 0 spiro atoms. The molecule has 1 aromatic rings. The summed E-state index contributed by atoms with van der Waals surface area (Å²) in [5, 5.41) is 9.67. The van der Waals surface area contributed by atoms with Gasteiger partial charge in [0.2, 0.25) is 0 Å². The zero-order valence-corrected chi connectivity index (χ0v) is 9.09. The second kappa shape index (κ2) is 4.31. The molecule has 2 heteroatoms. The molecule has 1 aromatic carbocycles. The van der Waals surface area contributed by atoms with Crippen LogP contribution in [0.2, 0.25) is 0 Å². The van der Waals surface area contributed by atoms with Gasteiger partial charge in [0.25, 0.3) is 0 Å². The number of aliphatic hydroxyl groups excluding tert-OH is 1. The Balaban J connectivity index is 2.40. The second-order valence-corrected chi connectivity index (χ2v) is 4.27. The Morgan fingerprint density at radius 3 is 2.47 bits per heavy atom. The van der Waals surface area contributed by atoms with E-state index < -0.39 is 6.10 Å². The molecule has 0 bridgehead atoms. The van der Waals surface area contributed by atoms with Crippen LogP contribution in [0.15, 0.2) is 12.1 Å². The summed E-state index contributed by atoms with van der Waals surface area (Å²) in [6.07, 6.45) is 4.25. The summed E-state index contributed by atoms with van der Waals surface area (Å²) in [6.45, 7) is 1.86. The van der Waals surface area contributed by atoms with Gasteiger partial charge in [-0.2, -0.15) is 0 Å². The molecule has 0 saturated carbocycles. The highest BCUT2D eigenvalue weighted by molar-refractivity contribution is 5.35. The van der Waals surface area contributed by atoms with Crippen molar-refractivity contribution in [3.8, 4) is 0 Å². The van der Waals surface area contributed by atoms with E-state index in [2.05, 4.69) is 0 Å². The molecule has 2 rings (SSSR count). The summed E-state index contributed by atoms with van der Waals surface area (Å²) < 4.78 is 13.7. The Hall–Kier alpha value is -0.890. The van der Waals surface area contributed by atoms with Crippen LogP contribution in [0.25, 0.3) is 0 Å². The highest BCUT2D eigenvalue weighted by atomic mass is 19.1. The van der Waals surface area contributed by atoms with Crippen molar-refractivity contribution in [1.29, 1.82) is 0 Å². The molecule has 0 saturated heterocycles. The Morgan fingerprint density at radius 2 is 1.87 bits per heavy atom. The molecule has 1 nitrogen and oxygen atoms in total. The van der Waals surface area contributed by atoms with Gasteiger partial charge in [-0.1, -0.05) is 13.0 Å². The molecule has 1 aliphatic carbocycles. The van der Waals surface area contributed by atoms with Gasteiger partial charge in [0.05, 0.1) is 6.10 Å². The number of halogens is 1. The van der Waals surface area contributed by atoms with Crippen molar-refractivity contribution < 1.29 is 9.50 Å². The lowest BCUT2D eigenvalue weighted by Gasteiger charge is -2.19. The standard InChI is InChI=1S/C13H17FO/c1-2-13(15)11-7-9-5-3-4-6-10(9)8-12(11)14/h7-8,13,15H,2-6H2,1H3. The van der Waals surface area contributed by atoms with E-state index in [4.69, 9.17) is 0 Å². The van der Waals surface area contributed by atoms with Gasteiger partial charge in [-0.25, -0.2) is 4.39 Å². The Kier molecular flexibility index (Phi) is 3.06. The lowest BCUT2D eigenvalue weighted by Crippen LogP contribution is -2.07. The zero-order valence-electron chi connectivity index (χ0n) is 9.09. The molecular weight excluding hydrogens is 191 g/mol. The maximum atomic E-state index is 13.7. The van der Waals surface area contributed by atoms with Gasteiger partial charge in [-0.3, -0.25) is 0 Å². The van der Waals surface area contributed by atoms with E-state index in [-0.39, 0.29) is 5.82 Å². The largest absolute Gasteiger partial charge is 0.388 e. The molecule has 1 unspecified atom stereocenters. The van der Waals surface area contributed by atoms with Crippen LogP contribution in [-0.4, -0.2) is 5.11 Å². The van der Waals surface area contributed by atoms with Crippen LogP contribution < -0.4 is 0 Å². The number of aryl methyl sites for hydroxylation is 2. The van der Waals surface area contributed by atoms with Crippen LogP contribution >= 0.6 is 0 Å². The van der Waals surface area contributed by atoms with Crippen molar-refractivity contribution in [2.24, 2.45) is 0 Å². The van der Waals surface area contributed by atoms with Crippen molar-refractivity contribution in [2.45, 2.75) is 45.1 Å². The van der Waals surface area contributed by atoms with Crippen LogP contribution in [0.3, 0.4) is 0 Å². The highest BCUT2D eigenvalue weighted by Crippen LogP contribution is 2.28. The first-order chi connectivity index (χ1) is 7.22. The van der Waals surface area contributed by atoms with Gasteiger partial charge in [-0.05, 0) is 49.3 Å². The van der Waals surface area contributed by atoms with Crippen molar-refractivity contribution in [3.05, 3.63) is 34.6 Å². The quantitative estimate of drug-likeness (QED) is 0.791. The first kappa shape index (κ1) is 10.6. The molecule has 82 valence electrons. The summed E-state index contributed by atoms with van der Waals surface area (Å²) in [5.41, 5.74) is 2.83. The second-order valence-electron chi connectivity index (χ2n) is 4.27. The van der Waals surface area contributed by atoms with Crippen LogP contribution in [0.1, 0.15) is 49.0 Å². The molecule has 0 radical (unpaired) electrons. The average molecular weight is 208 g/mol. The van der Waals surface area contributed by atoms with Crippen molar-refractivity contribution in [3.63, 3.8) is 0 Å². The van der Waals surface area contributed by atoms with E-state index in [9.17, 15) is 9.50 Å². The summed E-state index contributed by atoms with van der Waals surface area (Å²) in [6, 6.07) is 3.47. The molecule has 0 amide bonds. The van der Waals surface area contributed by atoms with Gasteiger partial charge in [-0.15, -0.1) is 0 Å². The number of rotatable bonds is 2. The maximum Gasteiger partial charge on any atom is 0.129 e.